The van der Waals surface area contributed by atoms with Crippen molar-refractivity contribution in [1.29, 1.82) is 0 Å². The summed E-state index contributed by atoms with van der Waals surface area (Å²) in [5, 5.41) is 15.6. The Morgan fingerprint density at radius 3 is 2.54 bits per heavy atom. The quantitative estimate of drug-likeness (QED) is 0.501. The fourth-order valence-electron chi connectivity index (χ4n) is 3.47. The number of aromatic nitrogens is 2. The lowest BCUT2D eigenvalue weighted by atomic mass is 9.96. The van der Waals surface area contributed by atoms with E-state index in [1.54, 1.807) is 6.20 Å². The van der Waals surface area contributed by atoms with Gasteiger partial charge in [0.25, 0.3) is 0 Å². The van der Waals surface area contributed by atoms with Gasteiger partial charge in [-0.05, 0) is 55.7 Å². The van der Waals surface area contributed by atoms with Crippen LogP contribution in [0.2, 0.25) is 0 Å². The predicted molar refractivity (Wildman–Crippen MR) is 114 cm³/mol. The van der Waals surface area contributed by atoms with E-state index < -0.39 is 0 Å². The molecular formula is C24H23N3O. The fraction of sp³-hybridized carbons (Fsp3) is 0.167. The van der Waals surface area contributed by atoms with Crippen molar-refractivity contribution in [1.82, 2.24) is 9.97 Å². The molecule has 2 aromatic heterocycles. The first-order valence-electron chi connectivity index (χ1n) is 9.36. The molecule has 2 N–H and O–H groups in total. The van der Waals surface area contributed by atoms with Gasteiger partial charge in [-0.3, -0.25) is 4.98 Å². The van der Waals surface area contributed by atoms with Gasteiger partial charge < -0.3 is 10.4 Å². The smallest absolute Gasteiger partial charge is 0.147 e. The Morgan fingerprint density at radius 1 is 0.929 bits per heavy atom. The number of hydrogen-bond donors (Lipinski definition) is 2. The highest BCUT2D eigenvalue weighted by Crippen LogP contribution is 2.37. The van der Waals surface area contributed by atoms with Crippen molar-refractivity contribution < 1.29 is 5.11 Å². The Labute approximate surface area is 164 Å². The molecule has 4 aromatic rings. The summed E-state index contributed by atoms with van der Waals surface area (Å²) in [5.41, 5.74) is 6.69. The molecule has 0 fully saturated rings. The maximum absolute atomic E-state index is 11.1. The van der Waals surface area contributed by atoms with Crippen LogP contribution in [0.25, 0.3) is 10.9 Å². The Morgan fingerprint density at radius 2 is 1.75 bits per heavy atom. The second kappa shape index (κ2) is 7.31. The van der Waals surface area contributed by atoms with Gasteiger partial charge in [0.05, 0.1) is 6.04 Å². The van der Waals surface area contributed by atoms with Gasteiger partial charge in [0.2, 0.25) is 0 Å². The molecule has 2 aromatic carbocycles. The molecule has 140 valence electrons. The number of hydrogen-bond acceptors (Lipinski definition) is 4. The maximum atomic E-state index is 11.1. The zero-order valence-electron chi connectivity index (χ0n) is 16.3. The van der Waals surface area contributed by atoms with E-state index in [1.807, 2.05) is 55.6 Å². The predicted octanol–water partition coefficient (Wildman–Crippen LogP) is 5.46. The SMILES string of the molecule is Cc1ccc2ccc(C(Nc3cccc(C)c3C)c3cccnc3)c(O)c2n1. The van der Waals surface area contributed by atoms with Gasteiger partial charge in [0.1, 0.15) is 11.3 Å². The van der Waals surface area contributed by atoms with Gasteiger partial charge in [-0.1, -0.05) is 36.4 Å². The van der Waals surface area contributed by atoms with Crippen molar-refractivity contribution in [2.75, 3.05) is 5.32 Å². The molecule has 0 saturated heterocycles. The minimum absolute atomic E-state index is 0.202. The van der Waals surface area contributed by atoms with Crippen LogP contribution >= 0.6 is 0 Å². The number of fused-ring (bicyclic) bond motifs is 1. The third-order valence-corrected chi connectivity index (χ3v) is 5.24. The molecule has 1 unspecified atom stereocenters. The van der Waals surface area contributed by atoms with E-state index in [2.05, 4.69) is 41.3 Å². The van der Waals surface area contributed by atoms with Crippen LogP contribution in [0.15, 0.2) is 67.0 Å². The Hall–Kier alpha value is -3.40. The molecule has 28 heavy (non-hydrogen) atoms. The number of aromatic hydroxyl groups is 1. The summed E-state index contributed by atoms with van der Waals surface area (Å²) < 4.78 is 0. The number of anilines is 1. The zero-order chi connectivity index (χ0) is 19.7. The molecule has 0 aliphatic heterocycles. The van der Waals surface area contributed by atoms with Gasteiger partial charge in [-0.15, -0.1) is 0 Å². The van der Waals surface area contributed by atoms with E-state index in [1.165, 1.54) is 11.1 Å². The average Bonchev–Trinajstić information content (AvgIpc) is 2.71. The average molecular weight is 369 g/mol. The Kier molecular flexibility index (Phi) is 4.70. The lowest BCUT2D eigenvalue weighted by molar-refractivity contribution is 0.471. The lowest BCUT2D eigenvalue weighted by Gasteiger charge is -2.23. The minimum Gasteiger partial charge on any atom is -0.505 e. The first kappa shape index (κ1) is 18.0. The largest absolute Gasteiger partial charge is 0.505 e. The number of benzene rings is 2. The van der Waals surface area contributed by atoms with Crippen LogP contribution in [0, 0.1) is 20.8 Å². The monoisotopic (exact) mass is 369 g/mol. The number of pyridine rings is 2. The van der Waals surface area contributed by atoms with E-state index in [0.29, 0.717) is 5.52 Å². The Bertz CT molecular complexity index is 1140. The normalized spacial score (nSPS) is 12.1. The topological polar surface area (TPSA) is 58.0 Å². The molecule has 4 nitrogen and oxygen atoms in total. The standard InChI is InChI=1S/C24H23N3O/c1-15-6-4-8-21(17(15)3)27-22(19-7-5-13-25-14-19)20-12-11-18-10-9-16(2)26-23(18)24(20)28/h4-14,22,27-28H,1-3H3. The maximum Gasteiger partial charge on any atom is 0.147 e. The summed E-state index contributed by atoms with van der Waals surface area (Å²) in [5.74, 6) is 0.202. The van der Waals surface area contributed by atoms with E-state index in [0.717, 1.165) is 27.9 Å². The first-order valence-corrected chi connectivity index (χ1v) is 9.36. The van der Waals surface area contributed by atoms with Crippen molar-refractivity contribution in [2.45, 2.75) is 26.8 Å². The highest BCUT2D eigenvalue weighted by molar-refractivity contribution is 5.86. The molecule has 0 amide bonds. The van der Waals surface area contributed by atoms with Gasteiger partial charge in [-0.25, -0.2) is 4.98 Å². The second-order valence-corrected chi connectivity index (χ2v) is 7.14. The zero-order valence-corrected chi connectivity index (χ0v) is 16.3. The molecule has 0 bridgehead atoms. The van der Waals surface area contributed by atoms with Crippen molar-refractivity contribution in [2.24, 2.45) is 0 Å². The number of phenolic OH excluding ortho intramolecular Hbond substituents is 1. The third-order valence-electron chi connectivity index (χ3n) is 5.24. The van der Waals surface area contributed by atoms with E-state index in [4.69, 9.17) is 0 Å². The number of nitrogens with zero attached hydrogens (tertiary/aromatic N) is 2. The third kappa shape index (κ3) is 3.29. The van der Waals surface area contributed by atoms with Crippen LogP contribution in [0.1, 0.15) is 34.0 Å². The lowest BCUT2D eigenvalue weighted by Crippen LogP contribution is -2.14. The summed E-state index contributed by atoms with van der Waals surface area (Å²) in [6.45, 7) is 6.13. The van der Waals surface area contributed by atoms with E-state index in [-0.39, 0.29) is 11.8 Å². The molecule has 0 spiro atoms. The number of rotatable bonds is 4. The second-order valence-electron chi connectivity index (χ2n) is 7.14. The van der Waals surface area contributed by atoms with Crippen molar-refractivity contribution in [3.05, 3.63) is 94.9 Å². The van der Waals surface area contributed by atoms with Gasteiger partial charge in [-0.2, -0.15) is 0 Å². The summed E-state index contributed by atoms with van der Waals surface area (Å²) in [7, 11) is 0. The molecule has 0 aliphatic rings. The number of aryl methyl sites for hydroxylation is 2. The molecule has 4 heteroatoms. The molecule has 4 rings (SSSR count). The summed E-state index contributed by atoms with van der Waals surface area (Å²) in [4.78, 5) is 8.84. The van der Waals surface area contributed by atoms with Gasteiger partial charge in [0.15, 0.2) is 0 Å². The summed E-state index contributed by atoms with van der Waals surface area (Å²) in [6, 6.07) is 17.8. The van der Waals surface area contributed by atoms with Crippen LogP contribution < -0.4 is 5.32 Å². The highest BCUT2D eigenvalue weighted by atomic mass is 16.3. The first-order chi connectivity index (χ1) is 13.5. The van der Waals surface area contributed by atoms with Gasteiger partial charge in [0, 0.05) is 34.7 Å². The molecular weight excluding hydrogens is 346 g/mol. The highest BCUT2D eigenvalue weighted by Gasteiger charge is 2.21. The number of nitrogens with one attached hydrogen (secondary N) is 1. The van der Waals surface area contributed by atoms with Crippen LogP contribution in [-0.4, -0.2) is 15.1 Å². The molecule has 1 atom stereocenters. The molecule has 0 aliphatic carbocycles. The van der Waals surface area contributed by atoms with Crippen molar-refractivity contribution in [3.63, 3.8) is 0 Å². The van der Waals surface area contributed by atoms with Crippen LogP contribution in [0.4, 0.5) is 5.69 Å². The summed E-state index contributed by atoms with van der Waals surface area (Å²) in [6.07, 6.45) is 3.58. The molecule has 2 heterocycles. The summed E-state index contributed by atoms with van der Waals surface area (Å²) >= 11 is 0. The molecule has 0 saturated carbocycles. The van der Waals surface area contributed by atoms with E-state index >= 15 is 0 Å². The van der Waals surface area contributed by atoms with Gasteiger partial charge >= 0.3 is 0 Å². The van der Waals surface area contributed by atoms with E-state index in [9.17, 15) is 5.11 Å². The Balaban J connectivity index is 1.88. The van der Waals surface area contributed by atoms with Crippen LogP contribution in [-0.2, 0) is 0 Å². The fourth-order valence-corrected chi connectivity index (χ4v) is 3.47. The minimum atomic E-state index is -0.249. The van der Waals surface area contributed by atoms with Crippen molar-refractivity contribution in [3.8, 4) is 5.75 Å². The molecule has 0 radical (unpaired) electrons. The van der Waals surface area contributed by atoms with Crippen LogP contribution in [0.3, 0.4) is 0 Å². The number of phenols is 1. The van der Waals surface area contributed by atoms with Crippen LogP contribution in [0.5, 0.6) is 5.75 Å². The van der Waals surface area contributed by atoms with Crippen molar-refractivity contribution >= 4 is 16.6 Å².